The number of hydrogen-bond acceptors (Lipinski definition) is 2. The minimum atomic E-state index is -0.163. The van der Waals surface area contributed by atoms with E-state index in [-0.39, 0.29) is 23.7 Å². The van der Waals surface area contributed by atoms with Crippen molar-refractivity contribution < 1.29 is 9.59 Å². The van der Waals surface area contributed by atoms with Crippen LogP contribution in [-0.2, 0) is 10.2 Å². The number of carbonyl (C=O) groups is 2. The molecule has 2 aromatic rings. The molecule has 2 N–H and O–H groups in total. The van der Waals surface area contributed by atoms with Gasteiger partial charge >= 0.3 is 0 Å². The molecule has 0 aliphatic rings. The molecule has 0 spiro atoms. The molecule has 0 fully saturated rings. The number of hydrogen-bond donors (Lipinski definition) is 2. The van der Waals surface area contributed by atoms with Gasteiger partial charge in [0.05, 0.1) is 0 Å². The molecule has 0 unspecified atom stereocenters. The Labute approximate surface area is 156 Å². The zero-order valence-corrected chi connectivity index (χ0v) is 16.3. The quantitative estimate of drug-likeness (QED) is 0.840. The molecule has 0 aromatic heterocycles. The third kappa shape index (κ3) is 5.45. The maximum atomic E-state index is 12.2. The minimum Gasteiger partial charge on any atom is -0.352 e. The Bertz CT molecular complexity index is 787. The fourth-order valence-electron chi connectivity index (χ4n) is 2.56. The molecule has 0 saturated carbocycles. The highest BCUT2D eigenvalue weighted by molar-refractivity contribution is 5.95. The second-order valence-corrected chi connectivity index (χ2v) is 7.68. The van der Waals surface area contributed by atoms with Crippen LogP contribution in [0.5, 0.6) is 0 Å². The number of anilines is 1. The molecule has 0 radical (unpaired) electrons. The molecular formula is C22H28N2O2. The van der Waals surface area contributed by atoms with Crippen molar-refractivity contribution in [2.45, 2.75) is 46.5 Å². The maximum absolute atomic E-state index is 12.2. The molecule has 2 amide bonds. The van der Waals surface area contributed by atoms with Gasteiger partial charge in [-0.05, 0) is 60.2 Å². The molecule has 0 heterocycles. The molecule has 138 valence electrons. The fourth-order valence-corrected chi connectivity index (χ4v) is 2.56. The van der Waals surface area contributed by atoms with Gasteiger partial charge in [-0.3, -0.25) is 9.59 Å². The molecule has 0 aliphatic heterocycles. The molecule has 4 nitrogen and oxygen atoms in total. The first-order valence-corrected chi connectivity index (χ1v) is 8.92. The lowest BCUT2D eigenvalue weighted by atomic mass is 9.87. The van der Waals surface area contributed by atoms with E-state index in [2.05, 4.69) is 31.4 Å². The van der Waals surface area contributed by atoms with E-state index >= 15 is 0 Å². The molecular weight excluding hydrogens is 324 g/mol. The van der Waals surface area contributed by atoms with Gasteiger partial charge in [0.15, 0.2) is 0 Å². The largest absolute Gasteiger partial charge is 0.352 e. The lowest BCUT2D eigenvalue weighted by Crippen LogP contribution is -2.27. The van der Waals surface area contributed by atoms with E-state index < -0.39 is 0 Å². The number of aryl methyl sites for hydroxylation is 2. The Morgan fingerprint density at radius 2 is 1.58 bits per heavy atom. The first-order valence-electron chi connectivity index (χ1n) is 8.92. The molecule has 26 heavy (non-hydrogen) atoms. The maximum Gasteiger partial charge on any atom is 0.251 e. The Balaban J connectivity index is 1.82. The van der Waals surface area contributed by atoms with Crippen molar-refractivity contribution in [2.24, 2.45) is 0 Å². The van der Waals surface area contributed by atoms with E-state index in [9.17, 15) is 9.59 Å². The number of amides is 2. The summed E-state index contributed by atoms with van der Waals surface area (Å²) in [4.78, 5) is 24.2. The van der Waals surface area contributed by atoms with Crippen LogP contribution in [0, 0.1) is 13.8 Å². The second-order valence-electron chi connectivity index (χ2n) is 7.68. The van der Waals surface area contributed by atoms with Crippen molar-refractivity contribution in [3.63, 3.8) is 0 Å². The summed E-state index contributed by atoms with van der Waals surface area (Å²) in [5, 5.41) is 5.65. The third-order valence-electron chi connectivity index (χ3n) is 4.44. The summed E-state index contributed by atoms with van der Waals surface area (Å²) < 4.78 is 0. The lowest BCUT2D eigenvalue weighted by molar-refractivity contribution is -0.116. The first kappa shape index (κ1) is 19.7. The molecule has 4 heteroatoms. The number of carbonyl (C=O) groups excluding carboxylic acids is 2. The predicted octanol–water partition coefficient (Wildman–Crippen LogP) is 4.36. The minimum absolute atomic E-state index is 0.0570. The van der Waals surface area contributed by atoms with Gasteiger partial charge in [-0.25, -0.2) is 0 Å². The van der Waals surface area contributed by atoms with E-state index in [4.69, 9.17) is 0 Å². The van der Waals surface area contributed by atoms with Gasteiger partial charge in [0.25, 0.3) is 5.91 Å². The van der Waals surface area contributed by atoms with Crippen LogP contribution in [0.3, 0.4) is 0 Å². The van der Waals surface area contributed by atoms with Crippen molar-refractivity contribution >= 4 is 17.5 Å². The highest BCUT2D eigenvalue weighted by atomic mass is 16.2. The van der Waals surface area contributed by atoms with Crippen LogP contribution in [0.1, 0.15) is 54.2 Å². The van der Waals surface area contributed by atoms with Crippen LogP contribution >= 0.6 is 0 Å². The van der Waals surface area contributed by atoms with Crippen LogP contribution in [0.4, 0.5) is 5.69 Å². The second kappa shape index (κ2) is 8.17. The van der Waals surface area contributed by atoms with E-state index in [1.165, 1.54) is 11.1 Å². The normalized spacial score (nSPS) is 11.1. The zero-order valence-electron chi connectivity index (χ0n) is 16.3. The Morgan fingerprint density at radius 1 is 0.923 bits per heavy atom. The average Bonchev–Trinajstić information content (AvgIpc) is 2.57. The standard InChI is InChI=1S/C22H28N2O2/c1-15-6-11-19(14-16(15)2)24-20(25)12-13-23-21(26)17-7-9-18(10-8-17)22(3,4)5/h6-11,14H,12-13H2,1-5H3,(H,23,26)(H,24,25). The van der Waals surface area contributed by atoms with Crippen LogP contribution in [0.2, 0.25) is 0 Å². The highest BCUT2D eigenvalue weighted by Gasteiger charge is 2.14. The summed E-state index contributed by atoms with van der Waals surface area (Å²) in [7, 11) is 0. The van der Waals surface area contributed by atoms with E-state index in [1.807, 2.05) is 56.3 Å². The predicted molar refractivity (Wildman–Crippen MR) is 107 cm³/mol. The van der Waals surface area contributed by atoms with E-state index in [0.717, 1.165) is 11.3 Å². The summed E-state index contributed by atoms with van der Waals surface area (Å²) in [5.74, 6) is -0.277. The fraction of sp³-hybridized carbons (Fsp3) is 0.364. The SMILES string of the molecule is Cc1ccc(NC(=O)CCNC(=O)c2ccc(C(C)(C)C)cc2)cc1C. The number of rotatable bonds is 5. The lowest BCUT2D eigenvalue weighted by Gasteiger charge is -2.19. The van der Waals surface area contributed by atoms with Crippen molar-refractivity contribution in [3.05, 3.63) is 64.7 Å². The number of nitrogens with one attached hydrogen (secondary N) is 2. The van der Waals surface area contributed by atoms with Gasteiger partial charge in [-0.15, -0.1) is 0 Å². The highest BCUT2D eigenvalue weighted by Crippen LogP contribution is 2.22. The molecule has 0 aliphatic carbocycles. The van der Waals surface area contributed by atoms with Crippen LogP contribution in [0.15, 0.2) is 42.5 Å². The average molecular weight is 352 g/mol. The van der Waals surface area contributed by atoms with Gasteiger partial charge < -0.3 is 10.6 Å². The Morgan fingerprint density at radius 3 is 2.15 bits per heavy atom. The van der Waals surface area contributed by atoms with Gasteiger partial charge in [0, 0.05) is 24.2 Å². The van der Waals surface area contributed by atoms with Crippen molar-refractivity contribution in [3.8, 4) is 0 Å². The zero-order chi connectivity index (χ0) is 19.3. The molecule has 0 saturated heterocycles. The topological polar surface area (TPSA) is 58.2 Å². The van der Waals surface area contributed by atoms with Crippen LogP contribution in [-0.4, -0.2) is 18.4 Å². The van der Waals surface area contributed by atoms with E-state index in [1.54, 1.807) is 0 Å². The summed E-state index contributed by atoms with van der Waals surface area (Å²) in [6.45, 7) is 10.7. The van der Waals surface area contributed by atoms with Gasteiger partial charge in [-0.1, -0.05) is 39.0 Å². The molecule has 2 aromatic carbocycles. The van der Waals surface area contributed by atoms with Crippen molar-refractivity contribution in [1.29, 1.82) is 0 Å². The smallest absolute Gasteiger partial charge is 0.251 e. The molecule has 0 bridgehead atoms. The van der Waals surface area contributed by atoms with Gasteiger partial charge in [-0.2, -0.15) is 0 Å². The monoisotopic (exact) mass is 352 g/mol. The summed E-state index contributed by atoms with van der Waals surface area (Å²) >= 11 is 0. The van der Waals surface area contributed by atoms with Crippen molar-refractivity contribution in [1.82, 2.24) is 5.32 Å². The summed E-state index contributed by atoms with van der Waals surface area (Å²) in [6.07, 6.45) is 0.235. The van der Waals surface area contributed by atoms with Gasteiger partial charge in [0.1, 0.15) is 0 Å². The van der Waals surface area contributed by atoms with Crippen LogP contribution < -0.4 is 10.6 Å². The summed E-state index contributed by atoms with van der Waals surface area (Å²) in [6, 6.07) is 13.4. The van der Waals surface area contributed by atoms with Gasteiger partial charge in [0.2, 0.25) is 5.91 Å². The van der Waals surface area contributed by atoms with Crippen molar-refractivity contribution in [2.75, 3.05) is 11.9 Å². The molecule has 0 atom stereocenters. The van der Waals surface area contributed by atoms with Crippen LogP contribution in [0.25, 0.3) is 0 Å². The first-order chi connectivity index (χ1) is 12.2. The molecule has 2 rings (SSSR count). The Hall–Kier alpha value is -2.62. The summed E-state index contributed by atoms with van der Waals surface area (Å²) in [5.41, 5.74) is 4.95. The number of benzene rings is 2. The Kier molecular flexibility index (Phi) is 6.19. The third-order valence-corrected chi connectivity index (χ3v) is 4.44. The van der Waals surface area contributed by atoms with E-state index in [0.29, 0.717) is 12.1 Å².